The molecule has 0 aliphatic carbocycles. The Labute approximate surface area is 150 Å². The molecule has 0 aliphatic heterocycles. The van der Waals surface area contributed by atoms with Crippen molar-refractivity contribution in [2.24, 2.45) is 10.8 Å². The third-order valence-corrected chi connectivity index (χ3v) is 5.62. The molecule has 0 aromatic heterocycles. The SMILES string of the molecule is CCC(C)(CC(C)(C)C)C(=O)Sc1ccccc1-c1ccccc1. The van der Waals surface area contributed by atoms with E-state index in [1.54, 1.807) is 0 Å². The topological polar surface area (TPSA) is 17.1 Å². The van der Waals surface area contributed by atoms with Gasteiger partial charge < -0.3 is 0 Å². The third-order valence-electron chi connectivity index (χ3n) is 4.37. The van der Waals surface area contributed by atoms with Gasteiger partial charge in [0.25, 0.3) is 0 Å². The molecule has 24 heavy (non-hydrogen) atoms. The minimum atomic E-state index is -0.299. The standard InChI is InChI=1S/C22H28OS/c1-6-22(5,16-21(2,3)4)20(23)24-19-15-11-10-14-18(19)17-12-8-7-9-13-17/h7-15H,6,16H2,1-5H3. The largest absolute Gasteiger partial charge is 0.286 e. The summed E-state index contributed by atoms with van der Waals surface area (Å²) in [4.78, 5) is 14.1. The van der Waals surface area contributed by atoms with Gasteiger partial charge in [-0.25, -0.2) is 0 Å². The van der Waals surface area contributed by atoms with Crippen molar-refractivity contribution in [3.05, 3.63) is 54.6 Å². The molecule has 0 aliphatic rings. The Kier molecular flexibility index (Phi) is 5.92. The molecule has 2 rings (SSSR count). The van der Waals surface area contributed by atoms with Gasteiger partial charge in [0.2, 0.25) is 0 Å². The van der Waals surface area contributed by atoms with Gasteiger partial charge in [0.15, 0.2) is 5.12 Å². The molecule has 0 saturated carbocycles. The predicted molar refractivity (Wildman–Crippen MR) is 105 cm³/mol. The summed E-state index contributed by atoms with van der Waals surface area (Å²) in [5.41, 5.74) is 2.13. The first kappa shape index (κ1) is 18.8. The smallest absolute Gasteiger partial charge is 0.199 e. The van der Waals surface area contributed by atoms with E-state index in [9.17, 15) is 4.79 Å². The zero-order valence-electron chi connectivity index (χ0n) is 15.4. The maximum atomic E-state index is 13.1. The van der Waals surface area contributed by atoms with Crippen LogP contribution in [-0.2, 0) is 4.79 Å². The Morgan fingerprint density at radius 2 is 1.50 bits per heavy atom. The van der Waals surface area contributed by atoms with Gasteiger partial charge in [-0.2, -0.15) is 0 Å². The normalized spacial score (nSPS) is 14.2. The highest BCUT2D eigenvalue weighted by atomic mass is 32.2. The number of benzene rings is 2. The number of rotatable bonds is 5. The molecule has 1 atom stereocenters. The van der Waals surface area contributed by atoms with Crippen LogP contribution in [0.3, 0.4) is 0 Å². The molecule has 2 aromatic rings. The molecule has 0 spiro atoms. The average Bonchev–Trinajstić information content (AvgIpc) is 2.54. The lowest BCUT2D eigenvalue weighted by Gasteiger charge is -2.33. The molecule has 1 unspecified atom stereocenters. The van der Waals surface area contributed by atoms with E-state index in [2.05, 4.69) is 58.9 Å². The van der Waals surface area contributed by atoms with Crippen molar-refractivity contribution in [3.8, 4) is 11.1 Å². The van der Waals surface area contributed by atoms with E-state index in [0.717, 1.165) is 28.9 Å². The second-order valence-corrected chi connectivity index (χ2v) is 8.92. The van der Waals surface area contributed by atoms with Crippen LogP contribution in [0.2, 0.25) is 0 Å². The van der Waals surface area contributed by atoms with E-state index in [-0.39, 0.29) is 15.9 Å². The minimum absolute atomic E-state index is 0.139. The Morgan fingerprint density at radius 1 is 0.917 bits per heavy atom. The molecule has 2 heteroatoms. The Balaban J connectivity index is 2.29. The molecule has 0 amide bonds. The van der Waals surface area contributed by atoms with Crippen LogP contribution < -0.4 is 0 Å². The maximum Gasteiger partial charge on any atom is 0.199 e. The lowest BCUT2D eigenvalue weighted by atomic mass is 9.74. The average molecular weight is 341 g/mol. The summed E-state index contributed by atoms with van der Waals surface area (Å²) in [7, 11) is 0. The highest BCUT2D eigenvalue weighted by Crippen LogP contribution is 2.43. The molecule has 0 heterocycles. The molecule has 0 N–H and O–H groups in total. The second kappa shape index (κ2) is 7.57. The Bertz CT molecular complexity index is 685. The van der Waals surface area contributed by atoms with Crippen molar-refractivity contribution in [2.75, 3.05) is 0 Å². The molecule has 2 aromatic carbocycles. The summed E-state index contributed by atoms with van der Waals surface area (Å²) in [6.07, 6.45) is 1.76. The van der Waals surface area contributed by atoms with E-state index >= 15 is 0 Å². The van der Waals surface area contributed by atoms with Crippen LogP contribution in [0, 0.1) is 10.8 Å². The summed E-state index contributed by atoms with van der Waals surface area (Å²) in [6, 6.07) is 18.5. The minimum Gasteiger partial charge on any atom is -0.286 e. The molecule has 0 bridgehead atoms. The van der Waals surface area contributed by atoms with E-state index in [0.29, 0.717) is 0 Å². The molecule has 1 nitrogen and oxygen atoms in total. The first-order valence-electron chi connectivity index (χ1n) is 8.62. The lowest BCUT2D eigenvalue weighted by molar-refractivity contribution is -0.120. The van der Waals surface area contributed by atoms with Gasteiger partial charge in [0, 0.05) is 10.3 Å². The van der Waals surface area contributed by atoms with Crippen molar-refractivity contribution >= 4 is 16.9 Å². The molecule has 128 valence electrons. The molecule has 0 radical (unpaired) electrons. The van der Waals surface area contributed by atoms with Gasteiger partial charge in [0.05, 0.1) is 0 Å². The highest BCUT2D eigenvalue weighted by Gasteiger charge is 2.36. The first-order valence-corrected chi connectivity index (χ1v) is 9.43. The van der Waals surface area contributed by atoms with Crippen LogP contribution in [0.1, 0.15) is 47.5 Å². The summed E-state index contributed by atoms with van der Waals surface area (Å²) in [6.45, 7) is 10.8. The van der Waals surface area contributed by atoms with Crippen molar-refractivity contribution < 1.29 is 4.79 Å². The number of carbonyl (C=O) groups is 1. The van der Waals surface area contributed by atoms with Gasteiger partial charge in [-0.15, -0.1) is 0 Å². The number of thioether (sulfide) groups is 1. The van der Waals surface area contributed by atoms with Gasteiger partial charge in [-0.05, 0) is 35.4 Å². The van der Waals surface area contributed by atoms with Gasteiger partial charge in [-0.3, -0.25) is 4.79 Å². The van der Waals surface area contributed by atoms with E-state index < -0.39 is 0 Å². The molecular formula is C22H28OS. The van der Waals surface area contributed by atoms with Gasteiger partial charge in [-0.1, -0.05) is 94.9 Å². The monoisotopic (exact) mass is 340 g/mol. The van der Waals surface area contributed by atoms with Crippen LogP contribution in [0.4, 0.5) is 0 Å². The Morgan fingerprint density at radius 3 is 2.08 bits per heavy atom. The zero-order chi connectivity index (χ0) is 17.8. The van der Waals surface area contributed by atoms with Gasteiger partial charge >= 0.3 is 0 Å². The number of hydrogen-bond acceptors (Lipinski definition) is 2. The van der Waals surface area contributed by atoms with Crippen LogP contribution >= 0.6 is 11.8 Å². The van der Waals surface area contributed by atoms with Crippen LogP contribution in [0.15, 0.2) is 59.5 Å². The highest BCUT2D eigenvalue weighted by molar-refractivity contribution is 8.13. The first-order chi connectivity index (χ1) is 11.2. The van der Waals surface area contributed by atoms with Crippen LogP contribution in [-0.4, -0.2) is 5.12 Å². The zero-order valence-corrected chi connectivity index (χ0v) is 16.2. The Hall–Kier alpha value is -1.54. The molecule has 0 fully saturated rings. The van der Waals surface area contributed by atoms with Crippen molar-refractivity contribution in [1.82, 2.24) is 0 Å². The van der Waals surface area contributed by atoms with E-state index in [1.807, 2.05) is 30.3 Å². The summed E-state index contributed by atoms with van der Waals surface area (Å²) >= 11 is 1.40. The second-order valence-electron chi connectivity index (χ2n) is 7.90. The molecule has 0 saturated heterocycles. The van der Waals surface area contributed by atoms with Crippen molar-refractivity contribution in [3.63, 3.8) is 0 Å². The quantitative estimate of drug-likeness (QED) is 0.555. The fourth-order valence-electron chi connectivity index (χ4n) is 3.15. The van der Waals surface area contributed by atoms with E-state index in [1.165, 1.54) is 11.8 Å². The maximum absolute atomic E-state index is 13.1. The lowest BCUT2D eigenvalue weighted by Crippen LogP contribution is -2.30. The van der Waals surface area contributed by atoms with Crippen LogP contribution in [0.5, 0.6) is 0 Å². The van der Waals surface area contributed by atoms with Gasteiger partial charge in [0.1, 0.15) is 0 Å². The van der Waals surface area contributed by atoms with E-state index in [4.69, 9.17) is 0 Å². The molecular weight excluding hydrogens is 312 g/mol. The third kappa shape index (κ3) is 4.73. The summed E-state index contributed by atoms with van der Waals surface area (Å²) < 4.78 is 0. The van der Waals surface area contributed by atoms with Crippen molar-refractivity contribution in [2.45, 2.75) is 52.4 Å². The number of hydrogen-bond donors (Lipinski definition) is 0. The fraction of sp³-hybridized carbons (Fsp3) is 0.409. The summed E-state index contributed by atoms with van der Waals surface area (Å²) in [5, 5.41) is 0.267. The summed E-state index contributed by atoms with van der Waals surface area (Å²) in [5.74, 6) is 0. The van der Waals surface area contributed by atoms with Crippen molar-refractivity contribution in [1.29, 1.82) is 0 Å². The number of carbonyl (C=O) groups excluding carboxylic acids is 1. The van der Waals surface area contributed by atoms with Crippen LogP contribution in [0.25, 0.3) is 11.1 Å². The predicted octanol–water partition coefficient (Wildman–Crippen LogP) is 6.82. The fourth-order valence-corrected chi connectivity index (χ4v) is 4.25.